The van der Waals surface area contributed by atoms with Crippen molar-refractivity contribution in [3.63, 3.8) is 0 Å². The molecule has 6 heteroatoms. The van der Waals surface area contributed by atoms with Gasteiger partial charge in [-0.1, -0.05) is 20.8 Å². The monoisotopic (exact) mass is 275 g/mol. The Labute approximate surface area is 110 Å². The van der Waals surface area contributed by atoms with E-state index < -0.39 is 20.4 Å². The number of ether oxygens (including phenoxy) is 1. The molecule has 1 unspecified atom stereocenters. The molecular weight excluding hydrogens is 250 g/mol. The van der Waals surface area contributed by atoms with E-state index in [0.29, 0.717) is 0 Å². The SMILES string of the molecule is CC(=O)OCNC(=O)C(C)O[Si](C)(C)C(C)(C)C. The second kappa shape index (κ2) is 6.33. The van der Waals surface area contributed by atoms with Gasteiger partial charge in [0.25, 0.3) is 0 Å². The molecular formula is C12H25NO4Si. The number of amides is 1. The standard InChI is InChI=1S/C12H25NO4Si/c1-9(11(15)13-8-16-10(2)14)17-18(6,7)12(3,4)5/h9H,8H2,1-7H3,(H,13,15). The summed E-state index contributed by atoms with van der Waals surface area (Å²) in [5.74, 6) is -0.686. The fraction of sp³-hybridized carbons (Fsp3) is 0.833. The summed E-state index contributed by atoms with van der Waals surface area (Å²) >= 11 is 0. The maximum Gasteiger partial charge on any atom is 0.304 e. The number of carbonyl (C=O) groups excluding carboxylic acids is 2. The fourth-order valence-corrected chi connectivity index (χ4v) is 2.37. The van der Waals surface area contributed by atoms with Gasteiger partial charge in [-0.25, -0.2) is 0 Å². The zero-order valence-electron chi connectivity index (χ0n) is 12.4. The molecule has 0 aromatic heterocycles. The number of hydrogen-bond acceptors (Lipinski definition) is 4. The first-order chi connectivity index (χ1) is 7.97. The molecule has 0 saturated carbocycles. The van der Waals surface area contributed by atoms with Crippen molar-refractivity contribution >= 4 is 20.2 Å². The minimum absolute atomic E-state index is 0.0530. The van der Waals surface area contributed by atoms with Crippen LogP contribution in [0.15, 0.2) is 0 Å². The predicted molar refractivity (Wildman–Crippen MR) is 72.5 cm³/mol. The molecule has 0 fully saturated rings. The van der Waals surface area contributed by atoms with Gasteiger partial charge in [0.05, 0.1) is 0 Å². The number of esters is 1. The molecule has 0 saturated heterocycles. The van der Waals surface area contributed by atoms with Crippen molar-refractivity contribution in [2.45, 2.75) is 58.9 Å². The Morgan fingerprint density at radius 2 is 1.78 bits per heavy atom. The lowest BCUT2D eigenvalue weighted by Crippen LogP contribution is -2.47. The van der Waals surface area contributed by atoms with Crippen LogP contribution in [-0.2, 0) is 18.8 Å². The van der Waals surface area contributed by atoms with Crippen LogP contribution in [0.4, 0.5) is 0 Å². The molecule has 0 aromatic carbocycles. The number of hydrogen-bond donors (Lipinski definition) is 1. The second-order valence-electron chi connectivity index (χ2n) is 5.84. The molecule has 0 aliphatic carbocycles. The molecule has 0 aromatic rings. The summed E-state index contributed by atoms with van der Waals surface area (Å²) in [5, 5.41) is 2.56. The Hall–Kier alpha value is -0.883. The van der Waals surface area contributed by atoms with E-state index in [9.17, 15) is 9.59 Å². The van der Waals surface area contributed by atoms with Gasteiger partial charge in [-0.05, 0) is 25.1 Å². The molecule has 1 amide bonds. The molecule has 0 aliphatic heterocycles. The van der Waals surface area contributed by atoms with Gasteiger partial charge in [0.1, 0.15) is 6.10 Å². The summed E-state index contributed by atoms with van der Waals surface area (Å²) in [6, 6.07) is 0. The molecule has 1 atom stereocenters. The van der Waals surface area contributed by atoms with Crippen LogP contribution in [0.2, 0.25) is 18.1 Å². The summed E-state index contributed by atoms with van der Waals surface area (Å²) in [6.45, 7) is 13.4. The van der Waals surface area contributed by atoms with Gasteiger partial charge in [-0.2, -0.15) is 0 Å². The lowest BCUT2D eigenvalue weighted by molar-refractivity contribution is -0.143. The Bertz CT molecular complexity index is 310. The van der Waals surface area contributed by atoms with E-state index in [2.05, 4.69) is 43.9 Å². The molecule has 18 heavy (non-hydrogen) atoms. The van der Waals surface area contributed by atoms with Crippen molar-refractivity contribution in [1.29, 1.82) is 0 Å². The van der Waals surface area contributed by atoms with Gasteiger partial charge in [0.2, 0.25) is 5.91 Å². The van der Waals surface area contributed by atoms with E-state index in [4.69, 9.17) is 4.43 Å². The highest BCUT2D eigenvalue weighted by Crippen LogP contribution is 2.37. The van der Waals surface area contributed by atoms with Crippen LogP contribution in [0.3, 0.4) is 0 Å². The fourth-order valence-electron chi connectivity index (χ4n) is 1.02. The predicted octanol–water partition coefficient (Wildman–Crippen LogP) is 2.03. The van der Waals surface area contributed by atoms with Gasteiger partial charge < -0.3 is 14.5 Å². The van der Waals surface area contributed by atoms with E-state index >= 15 is 0 Å². The number of carbonyl (C=O) groups is 2. The van der Waals surface area contributed by atoms with Crippen molar-refractivity contribution in [2.75, 3.05) is 6.73 Å². The molecule has 0 radical (unpaired) electrons. The van der Waals surface area contributed by atoms with Gasteiger partial charge >= 0.3 is 5.97 Å². The lowest BCUT2D eigenvalue weighted by Gasteiger charge is -2.37. The maximum absolute atomic E-state index is 11.7. The summed E-state index contributed by atoms with van der Waals surface area (Å²) in [7, 11) is -1.96. The third kappa shape index (κ3) is 5.64. The van der Waals surface area contributed by atoms with E-state index in [1.54, 1.807) is 6.92 Å². The zero-order valence-corrected chi connectivity index (χ0v) is 13.4. The second-order valence-corrected chi connectivity index (χ2v) is 10.6. The largest absolute Gasteiger partial charge is 0.445 e. The van der Waals surface area contributed by atoms with Crippen molar-refractivity contribution in [3.8, 4) is 0 Å². The quantitative estimate of drug-likeness (QED) is 0.474. The van der Waals surface area contributed by atoms with Crippen LogP contribution < -0.4 is 5.32 Å². The smallest absolute Gasteiger partial charge is 0.304 e. The average Bonchev–Trinajstić information content (AvgIpc) is 2.14. The van der Waals surface area contributed by atoms with Gasteiger partial charge in [0, 0.05) is 6.92 Å². The third-order valence-electron chi connectivity index (χ3n) is 3.17. The Morgan fingerprint density at radius 3 is 2.17 bits per heavy atom. The lowest BCUT2D eigenvalue weighted by atomic mass is 10.2. The first-order valence-corrected chi connectivity index (χ1v) is 8.97. The summed E-state index contributed by atoms with van der Waals surface area (Å²) in [6.07, 6.45) is -0.540. The van der Waals surface area contributed by atoms with Crippen LogP contribution in [0.5, 0.6) is 0 Å². The van der Waals surface area contributed by atoms with Gasteiger partial charge in [-0.15, -0.1) is 0 Å². The molecule has 0 aliphatic rings. The van der Waals surface area contributed by atoms with E-state index in [1.165, 1.54) is 6.92 Å². The Morgan fingerprint density at radius 1 is 1.28 bits per heavy atom. The third-order valence-corrected chi connectivity index (χ3v) is 7.72. The van der Waals surface area contributed by atoms with Gasteiger partial charge in [0.15, 0.2) is 15.0 Å². The van der Waals surface area contributed by atoms with Crippen molar-refractivity contribution in [3.05, 3.63) is 0 Å². The topological polar surface area (TPSA) is 64.6 Å². The first-order valence-electron chi connectivity index (χ1n) is 6.06. The summed E-state index contributed by atoms with van der Waals surface area (Å²) in [5.41, 5.74) is 0. The highest BCUT2D eigenvalue weighted by atomic mass is 28.4. The van der Waals surface area contributed by atoms with Crippen LogP contribution in [0.1, 0.15) is 34.6 Å². The summed E-state index contributed by atoms with van der Waals surface area (Å²) < 4.78 is 10.6. The van der Waals surface area contributed by atoms with Crippen molar-refractivity contribution < 1.29 is 18.8 Å². The minimum atomic E-state index is -1.96. The molecule has 0 bridgehead atoms. The molecule has 0 heterocycles. The maximum atomic E-state index is 11.7. The Kier molecular flexibility index (Phi) is 6.02. The average molecular weight is 275 g/mol. The van der Waals surface area contributed by atoms with Crippen molar-refractivity contribution in [2.24, 2.45) is 0 Å². The van der Waals surface area contributed by atoms with E-state index in [1.807, 2.05) is 0 Å². The van der Waals surface area contributed by atoms with Crippen LogP contribution in [-0.4, -0.2) is 33.0 Å². The highest BCUT2D eigenvalue weighted by Gasteiger charge is 2.39. The van der Waals surface area contributed by atoms with Crippen molar-refractivity contribution in [1.82, 2.24) is 5.32 Å². The highest BCUT2D eigenvalue weighted by molar-refractivity contribution is 6.74. The first kappa shape index (κ1) is 17.1. The van der Waals surface area contributed by atoms with Gasteiger partial charge in [-0.3, -0.25) is 9.59 Å². The van der Waals surface area contributed by atoms with E-state index in [-0.39, 0.29) is 17.7 Å². The number of rotatable bonds is 5. The van der Waals surface area contributed by atoms with Crippen LogP contribution >= 0.6 is 0 Å². The minimum Gasteiger partial charge on any atom is -0.445 e. The van der Waals surface area contributed by atoms with E-state index in [0.717, 1.165) is 0 Å². The van der Waals surface area contributed by atoms with Crippen LogP contribution in [0.25, 0.3) is 0 Å². The zero-order chi connectivity index (χ0) is 14.6. The normalized spacial score (nSPS) is 13.9. The van der Waals surface area contributed by atoms with Crippen LogP contribution in [0, 0.1) is 0 Å². The molecule has 0 spiro atoms. The molecule has 106 valence electrons. The summed E-state index contributed by atoms with van der Waals surface area (Å²) in [4.78, 5) is 22.3. The molecule has 5 nitrogen and oxygen atoms in total. The molecule has 1 N–H and O–H groups in total. The number of nitrogens with one attached hydrogen (secondary N) is 1. The molecule has 0 rings (SSSR count). The Balaban J connectivity index is 4.28.